The highest BCUT2D eigenvalue weighted by Gasteiger charge is 2.33. The van der Waals surface area contributed by atoms with Gasteiger partial charge in [0.25, 0.3) is 5.91 Å². The second-order valence-electron chi connectivity index (χ2n) is 7.28. The van der Waals surface area contributed by atoms with E-state index in [1.807, 2.05) is 13.8 Å². The van der Waals surface area contributed by atoms with E-state index in [0.29, 0.717) is 25.9 Å². The van der Waals surface area contributed by atoms with Crippen LogP contribution in [0, 0.1) is 5.92 Å². The van der Waals surface area contributed by atoms with Gasteiger partial charge >= 0.3 is 12.1 Å². The van der Waals surface area contributed by atoms with Crippen molar-refractivity contribution in [2.24, 2.45) is 5.92 Å². The monoisotopic (exact) mass is 414 g/mol. The number of methoxy groups -OCH3 is 1. The number of carbonyl (C=O) groups excluding carboxylic acids is 3. The predicted octanol–water partition coefficient (Wildman–Crippen LogP) is 2.97. The minimum absolute atomic E-state index is 0.127. The molecule has 29 heavy (non-hydrogen) atoms. The molecule has 1 aliphatic heterocycles. The molecule has 2 rings (SSSR count). The number of ether oxygens (including phenoxy) is 1. The maximum atomic E-state index is 12.8. The van der Waals surface area contributed by atoms with Crippen LogP contribution in [0.2, 0.25) is 0 Å². The number of rotatable bonds is 5. The normalized spacial score (nSPS) is 15.3. The first-order valence-corrected chi connectivity index (χ1v) is 9.38. The molecule has 1 heterocycles. The molecule has 0 spiro atoms. The summed E-state index contributed by atoms with van der Waals surface area (Å²) in [7, 11) is 1.26. The fourth-order valence-electron chi connectivity index (χ4n) is 3.27. The van der Waals surface area contributed by atoms with E-state index in [-0.39, 0.29) is 35.9 Å². The molecule has 0 bridgehead atoms. The van der Waals surface area contributed by atoms with E-state index in [9.17, 15) is 27.6 Å². The Morgan fingerprint density at radius 2 is 1.69 bits per heavy atom. The largest absolute Gasteiger partial charge is 0.468 e. The smallest absolute Gasteiger partial charge is 0.416 e. The summed E-state index contributed by atoms with van der Waals surface area (Å²) in [6.07, 6.45) is -3.60. The standard InChI is InChI=1S/C20H25F3N2O4/c1-13(2)25(12-17(26)29-3)19(28)15-8-10-24(11-9-15)18(27)14-4-6-16(7-5-14)20(21,22)23/h4-7,13,15H,8-12H2,1-3H3. The van der Waals surface area contributed by atoms with Crippen LogP contribution in [-0.2, 0) is 20.5 Å². The molecule has 0 radical (unpaired) electrons. The minimum Gasteiger partial charge on any atom is -0.468 e. The molecule has 0 saturated carbocycles. The number of halogens is 3. The number of esters is 1. The third-order valence-electron chi connectivity index (χ3n) is 5.02. The predicted molar refractivity (Wildman–Crippen MR) is 98.9 cm³/mol. The van der Waals surface area contributed by atoms with Gasteiger partial charge in [-0.05, 0) is 51.0 Å². The second-order valence-corrected chi connectivity index (χ2v) is 7.28. The van der Waals surface area contributed by atoms with Gasteiger partial charge in [-0.1, -0.05) is 0 Å². The quantitative estimate of drug-likeness (QED) is 0.695. The van der Waals surface area contributed by atoms with Crippen LogP contribution >= 0.6 is 0 Å². The van der Waals surface area contributed by atoms with Gasteiger partial charge in [-0.25, -0.2) is 0 Å². The molecular weight excluding hydrogens is 389 g/mol. The first kappa shape index (κ1) is 22.7. The molecule has 1 fully saturated rings. The van der Waals surface area contributed by atoms with Gasteiger partial charge in [0.05, 0.1) is 12.7 Å². The van der Waals surface area contributed by atoms with Crippen molar-refractivity contribution in [3.8, 4) is 0 Å². The van der Waals surface area contributed by atoms with Crippen LogP contribution in [-0.4, -0.2) is 60.4 Å². The summed E-state index contributed by atoms with van der Waals surface area (Å²) in [6.45, 7) is 4.13. The lowest BCUT2D eigenvalue weighted by molar-refractivity contribution is -0.150. The number of carbonyl (C=O) groups is 3. The Hall–Kier alpha value is -2.58. The highest BCUT2D eigenvalue weighted by Crippen LogP contribution is 2.29. The van der Waals surface area contributed by atoms with Crippen molar-refractivity contribution >= 4 is 17.8 Å². The summed E-state index contributed by atoms with van der Waals surface area (Å²) in [5.74, 6) is -1.34. The lowest BCUT2D eigenvalue weighted by Gasteiger charge is -2.35. The molecule has 0 atom stereocenters. The van der Waals surface area contributed by atoms with E-state index in [1.54, 1.807) is 0 Å². The number of alkyl halides is 3. The Kier molecular flexibility index (Phi) is 7.26. The molecule has 6 nitrogen and oxygen atoms in total. The van der Waals surface area contributed by atoms with Gasteiger partial charge in [-0.2, -0.15) is 13.2 Å². The van der Waals surface area contributed by atoms with Gasteiger partial charge in [0, 0.05) is 30.6 Å². The van der Waals surface area contributed by atoms with E-state index in [2.05, 4.69) is 4.74 Å². The number of likely N-dealkylation sites (tertiary alicyclic amines) is 1. The van der Waals surface area contributed by atoms with Gasteiger partial charge < -0.3 is 14.5 Å². The first-order chi connectivity index (χ1) is 13.5. The van der Waals surface area contributed by atoms with Gasteiger partial charge in [0.1, 0.15) is 6.54 Å². The molecule has 0 unspecified atom stereocenters. The zero-order chi connectivity index (χ0) is 21.8. The van der Waals surface area contributed by atoms with Crippen LogP contribution in [0.15, 0.2) is 24.3 Å². The zero-order valence-electron chi connectivity index (χ0n) is 16.7. The average molecular weight is 414 g/mol. The Morgan fingerprint density at radius 1 is 1.14 bits per heavy atom. The lowest BCUT2D eigenvalue weighted by atomic mass is 9.94. The average Bonchev–Trinajstić information content (AvgIpc) is 2.70. The molecule has 160 valence electrons. The molecule has 0 aromatic heterocycles. The van der Waals surface area contributed by atoms with Crippen LogP contribution in [0.25, 0.3) is 0 Å². The van der Waals surface area contributed by atoms with Crippen molar-refractivity contribution in [1.29, 1.82) is 0 Å². The summed E-state index contributed by atoms with van der Waals surface area (Å²) in [5.41, 5.74) is -0.630. The van der Waals surface area contributed by atoms with E-state index in [1.165, 1.54) is 29.0 Å². The lowest BCUT2D eigenvalue weighted by Crippen LogP contribution is -2.48. The molecule has 0 aliphatic carbocycles. The fourth-order valence-corrected chi connectivity index (χ4v) is 3.27. The van der Waals surface area contributed by atoms with E-state index >= 15 is 0 Å². The van der Waals surface area contributed by atoms with E-state index in [4.69, 9.17) is 0 Å². The SMILES string of the molecule is COC(=O)CN(C(=O)C1CCN(C(=O)c2ccc(C(F)(F)F)cc2)CC1)C(C)C. The van der Waals surface area contributed by atoms with Gasteiger partial charge in [-0.15, -0.1) is 0 Å². The number of benzene rings is 1. The number of piperidine rings is 1. The van der Waals surface area contributed by atoms with Crippen LogP contribution in [0.3, 0.4) is 0 Å². The highest BCUT2D eigenvalue weighted by molar-refractivity contribution is 5.94. The summed E-state index contributed by atoms with van der Waals surface area (Å²) >= 11 is 0. The zero-order valence-corrected chi connectivity index (χ0v) is 16.7. The maximum absolute atomic E-state index is 12.8. The van der Waals surface area contributed by atoms with Crippen LogP contribution in [0.4, 0.5) is 13.2 Å². The molecule has 2 amide bonds. The van der Waals surface area contributed by atoms with Crippen molar-refractivity contribution in [1.82, 2.24) is 9.80 Å². The van der Waals surface area contributed by atoms with Crippen LogP contribution in [0.5, 0.6) is 0 Å². The Balaban J connectivity index is 1.97. The third kappa shape index (κ3) is 5.71. The number of amides is 2. The van der Waals surface area contributed by atoms with Crippen molar-refractivity contribution in [3.63, 3.8) is 0 Å². The number of hydrogen-bond acceptors (Lipinski definition) is 4. The number of hydrogen-bond donors (Lipinski definition) is 0. The minimum atomic E-state index is -4.45. The van der Waals surface area contributed by atoms with Crippen LogP contribution in [0.1, 0.15) is 42.6 Å². The Labute approximate surface area is 167 Å². The summed E-state index contributed by atoms with van der Waals surface area (Å²) in [5, 5.41) is 0. The van der Waals surface area contributed by atoms with Crippen molar-refractivity contribution < 1.29 is 32.3 Å². The summed E-state index contributed by atoms with van der Waals surface area (Å²) in [4.78, 5) is 39.9. The molecule has 1 aromatic carbocycles. The van der Waals surface area contributed by atoms with E-state index in [0.717, 1.165) is 12.1 Å². The maximum Gasteiger partial charge on any atom is 0.416 e. The fraction of sp³-hybridized carbons (Fsp3) is 0.550. The number of nitrogens with zero attached hydrogens (tertiary/aromatic N) is 2. The molecule has 9 heteroatoms. The topological polar surface area (TPSA) is 66.9 Å². The van der Waals surface area contributed by atoms with Crippen molar-refractivity contribution in [2.45, 2.75) is 38.9 Å². The second kappa shape index (κ2) is 9.28. The Bertz CT molecular complexity index is 739. The van der Waals surface area contributed by atoms with Crippen molar-refractivity contribution in [2.75, 3.05) is 26.7 Å². The Morgan fingerprint density at radius 3 is 2.14 bits per heavy atom. The third-order valence-corrected chi connectivity index (χ3v) is 5.02. The first-order valence-electron chi connectivity index (χ1n) is 9.38. The molecule has 0 N–H and O–H groups in total. The summed E-state index contributed by atoms with van der Waals surface area (Å²) in [6, 6.07) is 3.93. The van der Waals surface area contributed by atoms with Gasteiger partial charge in [0.15, 0.2) is 0 Å². The summed E-state index contributed by atoms with van der Waals surface area (Å²) < 4.78 is 42.6. The molecule has 1 saturated heterocycles. The van der Waals surface area contributed by atoms with Gasteiger partial charge in [-0.3, -0.25) is 14.4 Å². The van der Waals surface area contributed by atoms with Crippen LogP contribution < -0.4 is 0 Å². The van der Waals surface area contributed by atoms with E-state index < -0.39 is 17.7 Å². The van der Waals surface area contributed by atoms with Gasteiger partial charge in [0.2, 0.25) is 5.91 Å². The molecule has 1 aliphatic rings. The molecular formula is C20H25F3N2O4. The van der Waals surface area contributed by atoms with Crippen molar-refractivity contribution in [3.05, 3.63) is 35.4 Å². The highest BCUT2D eigenvalue weighted by atomic mass is 19.4. The molecule has 1 aromatic rings.